The molecule has 1 amide bonds. The molecule has 3 aromatic rings. The van der Waals surface area contributed by atoms with E-state index in [4.69, 9.17) is 4.74 Å². The van der Waals surface area contributed by atoms with Crippen LogP contribution in [-0.4, -0.2) is 35.3 Å². The summed E-state index contributed by atoms with van der Waals surface area (Å²) in [5.74, 6) is -2.17. The summed E-state index contributed by atoms with van der Waals surface area (Å²) in [6.45, 7) is 1.76. The van der Waals surface area contributed by atoms with Crippen molar-refractivity contribution in [2.45, 2.75) is 19.3 Å². The number of ether oxygens (including phenoxy) is 2. The number of benzene rings is 2. The van der Waals surface area contributed by atoms with Crippen LogP contribution in [0.1, 0.15) is 22.7 Å². The molecule has 0 saturated carbocycles. The van der Waals surface area contributed by atoms with E-state index in [0.29, 0.717) is 22.4 Å². The number of aromatic nitrogens is 1. The fourth-order valence-corrected chi connectivity index (χ4v) is 3.95. The van der Waals surface area contributed by atoms with Gasteiger partial charge in [0.15, 0.2) is 0 Å². The molecule has 4 rings (SSSR count). The van der Waals surface area contributed by atoms with Crippen LogP contribution in [-0.2, 0) is 9.59 Å². The van der Waals surface area contributed by atoms with E-state index in [1.807, 2.05) is 0 Å². The second-order valence-electron chi connectivity index (χ2n) is 7.68. The van der Waals surface area contributed by atoms with Crippen LogP contribution in [0.3, 0.4) is 0 Å². The fourth-order valence-electron chi connectivity index (χ4n) is 3.95. The molecule has 1 aromatic heterocycles. The zero-order chi connectivity index (χ0) is 25.3. The highest BCUT2D eigenvalue weighted by Gasteiger charge is 2.47. The molecule has 0 aliphatic carbocycles. The van der Waals surface area contributed by atoms with Gasteiger partial charge in [-0.1, -0.05) is 0 Å². The van der Waals surface area contributed by atoms with Crippen LogP contribution in [0.25, 0.3) is 5.76 Å². The van der Waals surface area contributed by atoms with E-state index >= 15 is 0 Å². The molecule has 2 heterocycles. The van der Waals surface area contributed by atoms with Crippen LogP contribution < -0.4 is 14.4 Å². The number of methoxy groups -OCH3 is 1. The van der Waals surface area contributed by atoms with E-state index < -0.39 is 35.6 Å². The smallest absolute Gasteiger partial charge is 0.507 e. The number of ketones is 1. The van der Waals surface area contributed by atoms with Crippen LogP contribution in [0.5, 0.6) is 11.5 Å². The van der Waals surface area contributed by atoms with Crippen molar-refractivity contribution in [3.8, 4) is 11.5 Å². The van der Waals surface area contributed by atoms with E-state index in [0.717, 1.165) is 17.0 Å². The molecule has 0 spiro atoms. The third-order valence-electron chi connectivity index (χ3n) is 5.48. The van der Waals surface area contributed by atoms with Gasteiger partial charge in [0.1, 0.15) is 17.3 Å². The van der Waals surface area contributed by atoms with Crippen LogP contribution in [0, 0.1) is 6.92 Å². The quantitative estimate of drug-likeness (QED) is 0.314. The first-order valence-corrected chi connectivity index (χ1v) is 10.3. The van der Waals surface area contributed by atoms with Gasteiger partial charge in [-0.25, -0.2) is 0 Å². The summed E-state index contributed by atoms with van der Waals surface area (Å²) in [4.78, 5) is 31.3. The SMILES string of the molecule is COc1ccc(/C(O)=C2/C(=O)C(=O)N(c3ccc(OC(F)(F)F)cc3)C2c2ccncc2)cc1C. The molecule has 1 N–H and O–H groups in total. The Labute approximate surface area is 198 Å². The summed E-state index contributed by atoms with van der Waals surface area (Å²) >= 11 is 0. The van der Waals surface area contributed by atoms with Crippen molar-refractivity contribution in [1.82, 2.24) is 4.98 Å². The van der Waals surface area contributed by atoms with E-state index in [9.17, 15) is 27.9 Å². The highest BCUT2D eigenvalue weighted by Crippen LogP contribution is 2.42. The van der Waals surface area contributed by atoms with Gasteiger partial charge in [0.05, 0.1) is 18.7 Å². The summed E-state index contributed by atoms with van der Waals surface area (Å²) in [5, 5.41) is 11.1. The van der Waals surface area contributed by atoms with Crippen molar-refractivity contribution in [3.63, 3.8) is 0 Å². The number of amides is 1. The summed E-state index contributed by atoms with van der Waals surface area (Å²) in [7, 11) is 1.50. The summed E-state index contributed by atoms with van der Waals surface area (Å²) < 4.78 is 46.7. The Morgan fingerprint density at radius 2 is 1.69 bits per heavy atom. The van der Waals surface area contributed by atoms with Crippen molar-refractivity contribution < 1.29 is 37.3 Å². The monoisotopic (exact) mass is 484 g/mol. The lowest BCUT2D eigenvalue weighted by atomic mass is 9.95. The first-order valence-electron chi connectivity index (χ1n) is 10.3. The Kier molecular flexibility index (Phi) is 6.21. The van der Waals surface area contributed by atoms with Gasteiger partial charge in [-0.05, 0) is 72.6 Å². The molecule has 1 fully saturated rings. The fraction of sp³-hybridized carbons (Fsp3) is 0.160. The maximum absolute atomic E-state index is 13.1. The van der Waals surface area contributed by atoms with Crippen molar-refractivity contribution in [2.75, 3.05) is 12.0 Å². The standard InChI is InChI=1S/C25H19F3N2O5/c1-14-13-16(3-8-19(14)34-2)22(31)20-21(15-9-11-29-12-10-15)30(24(33)23(20)32)17-4-6-18(7-5-17)35-25(26,27)28/h3-13,21,31H,1-2H3/b22-20-. The van der Waals surface area contributed by atoms with Gasteiger partial charge in [-0.15, -0.1) is 13.2 Å². The Balaban J connectivity index is 1.84. The minimum absolute atomic E-state index is 0.147. The number of aliphatic hydroxyl groups excluding tert-OH is 1. The van der Waals surface area contributed by atoms with Crippen molar-refractivity contribution in [3.05, 3.63) is 89.3 Å². The molecule has 180 valence electrons. The normalized spacial score (nSPS) is 17.5. The summed E-state index contributed by atoms with van der Waals surface area (Å²) in [6, 6.07) is 11.5. The number of nitrogens with zero attached hydrogens (tertiary/aromatic N) is 2. The van der Waals surface area contributed by atoms with Gasteiger partial charge < -0.3 is 14.6 Å². The number of rotatable bonds is 5. The number of pyridine rings is 1. The van der Waals surface area contributed by atoms with E-state index in [-0.39, 0.29) is 11.3 Å². The Morgan fingerprint density at radius 1 is 1.03 bits per heavy atom. The van der Waals surface area contributed by atoms with E-state index in [2.05, 4.69) is 9.72 Å². The zero-order valence-corrected chi connectivity index (χ0v) is 18.5. The zero-order valence-electron chi connectivity index (χ0n) is 18.5. The number of aliphatic hydroxyl groups is 1. The van der Waals surface area contributed by atoms with Gasteiger partial charge >= 0.3 is 6.36 Å². The first kappa shape index (κ1) is 23.8. The van der Waals surface area contributed by atoms with Crippen molar-refractivity contribution in [2.24, 2.45) is 0 Å². The maximum Gasteiger partial charge on any atom is 0.573 e. The molecule has 1 aliphatic heterocycles. The molecule has 1 atom stereocenters. The van der Waals surface area contributed by atoms with Crippen LogP contribution >= 0.6 is 0 Å². The number of carbonyl (C=O) groups is 2. The topological polar surface area (TPSA) is 89.0 Å². The van der Waals surface area contributed by atoms with E-state index in [1.54, 1.807) is 37.3 Å². The third kappa shape index (κ3) is 4.68. The number of anilines is 1. The van der Waals surface area contributed by atoms with Crippen molar-refractivity contribution >= 4 is 23.1 Å². The van der Waals surface area contributed by atoms with Crippen LogP contribution in [0.15, 0.2) is 72.6 Å². The van der Waals surface area contributed by atoms with Gasteiger partial charge in [-0.3, -0.25) is 19.5 Å². The number of alkyl halides is 3. The number of aryl methyl sites for hydroxylation is 1. The number of halogens is 3. The Bertz CT molecular complexity index is 1300. The number of Topliss-reactive ketones (excluding diaryl/α,β-unsaturated/α-hetero) is 1. The molecule has 7 nitrogen and oxygen atoms in total. The molecule has 35 heavy (non-hydrogen) atoms. The molecule has 1 saturated heterocycles. The lowest BCUT2D eigenvalue weighted by Gasteiger charge is -2.25. The molecular weight excluding hydrogens is 465 g/mol. The van der Waals surface area contributed by atoms with Gasteiger partial charge in [0.25, 0.3) is 11.7 Å². The van der Waals surface area contributed by atoms with Crippen LogP contribution in [0.4, 0.5) is 18.9 Å². The average Bonchev–Trinajstić information content (AvgIpc) is 3.09. The second-order valence-corrected chi connectivity index (χ2v) is 7.68. The minimum Gasteiger partial charge on any atom is -0.507 e. The number of hydrogen-bond donors (Lipinski definition) is 1. The molecule has 1 unspecified atom stereocenters. The lowest BCUT2D eigenvalue weighted by Crippen LogP contribution is -2.29. The summed E-state index contributed by atoms with van der Waals surface area (Å²) in [6.07, 6.45) is -1.95. The largest absolute Gasteiger partial charge is 0.573 e. The van der Waals surface area contributed by atoms with Gasteiger partial charge in [-0.2, -0.15) is 0 Å². The predicted octanol–water partition coefficient (Wildman–Crippen LogP) is 4.92. The molecule has 0 bridgehead atoms. The van der Waals surface area contributed by atoms with E-state index in [1.165, 1.54) is 31.6 Å². The number of carbonyl (C=O) groups excluding carboxylic acids is 2. The highest BCUT2D eigenvalue weighted by molar-refractivity contribution is 6.51. The second kappa shape index (κ2) is 9.13. The average molecular weight is 484 g/mol. The molecule has 10 heteroatoms. The molecular formula is C25H19F3N2O5. The first-order chi connectivity index (χ1) is 16.6. The Hall–Kier alpha value is -4.34. The van der Waals surface area contributed by atoms with Gasteiger partial charge in [0, 0.05) is 23.6 Å². The molecule has 1 aliphatic rings. The summed E-state index contributed by atoms with van der Waals surface area (Å²) in [5.41, 5.74) is 1.46. The van der Waals surface area contributed by atoms with Crippen molar-refractivity contribution in [1.29, 1.82) is 0 Å². The van der Waals surface area contributed by atoms with Gasteiger partial charge in [0.2, 0.25) is 0 Å². The predicted molar refractivity (Wildman–Crippen MR) is 120 cm³/mol. The van der Waals surface area contributed by atoms with Crippen LogP contribution in [0.2, 0.25) is 0 Å². The maximum atomic E-state index is 13.1. The highest BCUT2D eigenvalue weighted by atomic mass is 19.4. The third-order valence-corrected chi connectivity index (χ3v) is 5.48. The minimum atomic E-state index is -4.88. The molecule has 2 aromatic carbocycles. The Morgan fingerprint density at radius 3 is 2.26 bits per heavy atom. The number of hydrogen-bond acceptors (Lipinski definition) is 6. The lowest BCUT2D eigenvalue weighted by molar-refractivity contribution is -0.274. The molecule has 0 radical (unpaired) electrons.